The standard InChI is InChI=1S/C14H15BrClNS/c1-3-10-5-7-13(18-10)14(17-2)11-6-4-9(15)8-12(11)16/h4-8,14,17H,3H2,1-2H3. The Kier molecular flexibility index (Phi) is 4.84. The number of thiophene rings is 1. The van der Waals surface area contributed by atoms with Gasteiger partial charge in [-0.1, -0.05) is 40.5 Å². The molecule has 1 heterocycles. The van der Waals surface area contributed by atoms with Crippen LogP contribution in [-0.2, 0) is 6.42 Å². The van der Waals surface area contributed by atoms with E-state index in [2.05, 4.69) is 46.4 Å². The summed E-state index contributed by atoms with van der Waals surface area (Å²) in [4.78, 5) is 2.71. The average molecular weight is 345 g/mol. The molecule has 1 atom stereocenters. The van der Waals surface area contributed by atoms with Crippen LogP contribution in [0.5, 0.6) is 0 Å². The molecule has 0 aliphatic heterocycles. The maximum absolute atomic E-state index is 6.33. The number of benzene rings is 1. The van der Waals surface area contributed by atoms with Crippen LogP contribution in [0.25, 0.3) is 0 Å². The number of halogens is 2. The zero-order chi connectivity index (χ0) is 13.1. The fourth-order valence-electron chi connectivity index (χ4n) is 1.93. The molecule has 1 nitrogen and oxygen atoms in total. The molecule has 0 aliphatic carbocycles. The molecule has 96 valence electrons. The summed E-state index contributed by atoms with van der Waals surface area (Å²) in [6.45, 7) is 2.18. The normalized spacial score (nSPS) is 12.7. The van der Waals surface area contributed by atoms with Gasteiger partial charge < -0.3 is 5.32 Å². The number of hydrogen-bond donors (Lipinski definition) is 1. The molecular weight excluding hydrogens is 330 g/mol. The maximum atomic E-state index is 6.33. The predicted molar refractivity (Wildman–Crippen MR) is 83.8 cm³/mol. The highest BCUT2D eigenvalue weighted by Gasteiger charge is 2.17. The van der Waals surface area contributed by atoms with Gasteiger partial charge in [-0.05, 0) is 43.3 Å². The first-order valence-electron chi connectivity index (χ1n) is 5.86. The first kappa shape index (κ1) is 14.1. The Morgan fingerprint density at radius 1 is 1.33 bits per heavy atom. The zero-order valence-corrected chi connectivity index (χ0v) is 13.5. The molecule has 1 N–H and O–H groups in total. The smallest absolute Gasteiger partial charge is 0.0683 e. The van der Waals surface area contributed by atoms with E-state index in [0.29, 0.717) is 0 Å². The minimum Gasteiger partial charge on any atom is -0.309 e. The van der Waals surface area contributed by atoms with E-state index in [1.54, 1.807) is 0 Å². The lowest BCUT2D eigenvalue weighted by atomic mass is 10.1. The predicted octanol–water partition coefficient (Wildman–Crippen LogP) is 5.04. The largest absolute Gasteiger partial charge is 0.309 e. The van der Waals surface area contributed by atoms with Crippen LogP contribution in [-0.4, -0.2) is 7.05 Å². The zero-order valence-electron chi connectivity index (χ0n) is 10.3. The molecule has 18 heavy (non-hydrogen) atoms. The van der Waals surface area contributed by atoms with Gasteiger partial charge in [0.1, 0.15) is 0 Å². The van der Waals surface area contributed by atoms with Crippen molar-refractivity contribution in [3.8, 4) is 0 Å². The molecule has 1 unspecified atom stereocenters. The van der Waals surface area contributed by atoms with Gasteiger partial charge in [0.2, 0.25) is 0 Å². The number of nitrogens with one attached hydrogen (secondary N) is 1. The molecule has 0 bridgehead atoms. The third kappa shape index (κ3) is 2.97. The number of rotatable bonds is 4. The van der Waals surface area contributed by atoms with Crippen LogP contribution < -0.4 is 5.32 Å². The SMILES string of the molecule is CCc1ccc(C(NC)c2ccc(Br)cc2Cl)s1. The van der Waals surface area contributed by atoms with E-state index in [-0.39, 0.29) is 6.04 Å². The fraction of sp³-hybridized carbons (Fsp3) is 0.286. The second kappa shape index (κ2) is 6.20. The minimum atomic E-state index is 0.163. The van der Waals surface area contributed by atoms with Crippen molar-refractivity contribution in [2.75, 3.05) is 7.05 Å². The molecule has 2 aromatic rings. The molecule has 0 saturated heterocycles. The Balaban J connectivity index is 2.38. The van der Waals surface area contributed by atoms with Crippen LogP contribution in [0.3, 0.4) is 0 Å². The molecular formula is C14H15BrClNS. The van der Waals surface area contributed by atoms with Gasteiger partial charge >= 0.3 is 0 Å². The molecule has 1 aromatic carbocycles. The number of hydrogen-bond acceptors (Lipinski definition) is 2. The lowest BCUT2D eigenvalue weighted by Gasteiger charge is -2.16. The summed E-state index contributed by atoms with van der Waals surface area (Å²) >= 11 is 11.6. The van der Waals surface area contributed by atoms with Crippen LogP contribution in [0, 0.1) is 0 Å². The van der Waals surface area contributed by atoms with Gasteiger partial charge in [0.15, 0.2) is 0 Å². The molecule has 2 rings (SSSR count). The van der Waals surface area contributed by atoms with Crippen molar-refractivity contribution in [2.45, 2.75) is 19.4 Å². The van der Waals surface area contributed by atoms with E-state index < -0.39 is 0 Å². The summed E-state index contributed by atoms with van der Waals surface area (Å²) in [6.07, 6.45) is 1.08. The quantitative estimate of drug-likeness (QED) is 0.819. The summed E-state index contributed by atoms with van der Waals surface area (Å²) in [5, 5.41) is 4.13. The Labute approximate surface area is 125 Å². The van der Waals surface area contributed by atoms with Gasteiger partial charge in [-0.15, -0.1) is 11.3 Å². The van der Waals surface area contributed by atoms with Gasteiger partial charge in [-0.3, -0.25) is 0 Å². The van der Waals surface area contributed by atoms with Crippen LogP contribution in [0.2, 0.25) is 5.02 Å². The van der Waals surface area contributed by atoms with Crippen molar-refractivity contribution in [3.63, 3.8) is 0 Å². The highest BCUT2D eigenvalue weighted by molar-refractivity contribution is 9.10. The lowest BCUT2D eigenvalue weighted by molar-refractivity contribution is 0.704. The third-order valence-corrected chi connectivity index (χ3v) is 4.99. The van der Waals surface area contributed by atoms with E-state index in [1.165, 1.54) is 9.75 Å². The second-order valence-electron chi connectivity index (χ2n) is 4.05. The molecule has 0 fully saturated rings. The van der Waals surface area contributed by atoms with Crippen molar-refractivity contribution >= 4 is 38.9 Å². The molecule has 0 amide bonds. The summed E-state index contributed by atoms with van der Waals surface area (Å²) in [5.41, 5.74) is 1.12. The van der Waals surface area contributed by atoms with Gasteiger partial charge in [0.25, 0.3) is 0 Å². The van der Waals surface area contributed by atoms with Gasteiger partial charge in [0, 0.05) is 19.2 Å². The fourth-order valence-corrected chi connectivity index (χ4v) is 3.79. The van der Waals surface area contributed by atoms with E-state index in [0.717, 1.165) is 21.5 Å². The molecule has 0 spiro atoms. The van der Waals surface area contributed by atoms with Crippen molar-refractivity contribution in [1.29, 1.82) is 0 Å². The Morgan fingerprint density at radius 3 is 2.67 bits per heavy atom. The second-order valence-corrected chi connectivity index (χ2v) is 6.57. The molecule has 0 saturated carbocycles. The lowest BCUT2D eigenvalue weighted by Crippen LogP contribution is -2.16. The highest BCUT2D eigenvalue weighted by Crippen LogP contribution is 2.33. The first-order valence-corrected chi connectivity index (χ1v) is 7.85. The summed E-state index contributed by atoms with van der Waals surface area (Å²) in [6, 6.07) is 10.6. The van der Waals surface area contributed by atoms with E-state index in [4.69, 9.17) is 11.6 Å². The third-order valence-electron chi connectivity index (χ3n) is 2.88. The maximum Gasteiger partial charge on any atom is 0.0683 e. The van der Waals surface area contributed by atoms with E-state index in [1.807, 2.05) is 30.5 Å². The van der Waals surface area contributed by atoms with Crippen LogP contribution in [0.15, 0.2) is 34.8 Å². The minimum absolute atomic E-state index is 0.163. The highest BCUT2D eigenvalue weighted by atomic mass is 79.9. The number of aryl methyl sites for hydroxylation is 1. The summed E-state index contributed by atoms with van der Waals surface area (Å²) in [5.74, 6) is 0. The first-order chi connectivity index (χ1) is 8.65. The molecule has 0 aliphatic rings. The van der Waals surface area contributed by atoms with Gasteiger partial charge in [0.05, 0.1) is 6.04 Å². The van der Waals surface area contributed by atoms with Crippen LogP contribution in [0.1, 0.15) is 28.3 Å². The average Bonchev–Trinajstić information content (AvgIpc) is 2.81. The molecule has 4 heteroatoms. The van der Waals surface area contributed by atoms with Gasteiger partial charge in [-0.25, -0.2) is 0 Å². The topological polar surface area (TPSA) is 12.0 Å². The van der Waals surface area contributed by atoms with Crippen molar-refractivity contribution in [3.05, 3.63) is 55.1 Å². The van der Waals surface area contributed by atoms with Crippen molar-refractivity contribution in [1.82, 2.24) is 5.32 Å². The summed E-state index contributed by atoms with van der Waals surface area (Å²) in [7, 11) is 1.97. The van der Waals surface area contributed by atoms with Crippen LogP contribution in [0.4, 0.5) is 0 Å². The van der Waals surface area contributed by atoms with E-state index in [9.17, 15) is 0 Å². The Hall–Kier alpha value is -0.350. The van der Waals surface area contributed by atoms with Crippen molar-refractivity contribution in [2.24, 2.45) is 0 Å². The van der Waals surface area contributed by atoms with Gasteiger partial charge in [-0.2, -0.15) is 0 Å². The van der Waals surface area contributed by atoms with E-state index >= 15 is 0 Å². The summed E-state index contributed by atoms with van der Waals surface area (Å²) < 4.78 is 1.01. The molecule has 0 radical (unpaired) electrons. The molecule has 1 aromatic heterocycles. The Morgan fingerprint density at radius 2 is 2.11 bits per heavy atom. The Bertz CT molecular complexity index is 538. The van der Waals surface area contributed by atoms with Crippen LogP contribution >= 0.6 is 38.9 Å². The monoisotopic (exact) mass is 343 g/mol. The van der Waals surface area contributed by atoms with Crippen molar-refractivity contribution < 1.29 is 0 Å².